The molecule has 0 spiro atoms. The number of alkyl halides is 1. The molecule has 0 heterocycles. The standard InChI is InChI=1S/C18H22ClOP/c19-15-9-1-2-10-16-21(20,17-11-5-3-6-12-17)18-13-7-4-8-14-18/h3-8,11-14H,1-2,9-10,15-16H2. The molecule has 21 heavy (non-hydrogen) atoms. The molecule has 0 N–H and O–H groups in total. The molecular weight excluding hydrogens is 299 g/mol. The van der Waals surface area contributed by atoms with Gasteiger partial charge in [0.15, 0.2) is 0 Å². The molecule has 0 amide bonds. The molecule has 0 saturated carbocycles. The van der Waals surface area contributed by atoms with Crippen molar-refractivity contribution >= 4 is 29.4 Å². The molecule has 0 bridgehead atoms. The van der Waals surface area contributed by atoms with Gasteiger partial charge in [0, 0.05) is 22.7 Å². The number of hydrogen-bond donors (Lipinski definition) is 0. The Kier molecular flexibility index (Phi) is 6.54. The van der Waals surface area contributed by atoms with E-state index in [1.165, 1.54) is 0 Å². The first-order valence-corrected chi connectivity index (χ1v) is 9.96. The van der Waals surface area contributed by atoms with Gasteiger partial charge in [-0.15, -0.1) is 11.6 Å². The fraction of sp³-hybridized carbons (Fsp3) is 0.333. The summed E-state index contributed by atoms with van der Waals surface area (Å²) in [6.07, 6.45) is 4.98. The number of rotatable bonds is 8. The zero-order chi connectivity index (χ0) is 15.0. The molecule has 0 unspecified atom stereocenters. The first-order chi connectivity index (χ1) is 10.3. The molecule has 0 radical (unpaired) electrons. The van der Waals surface area contributed by atoms with Crippen LogP contribution in [0.5, 0.6) is 0 Å². The van der Waals surface area contributed by atoms with Crippen molar-refractivity contribution in [2.45, 2.75) is 25.7 Å². The van der Waals surface area contributed by atoms with E-state index in [0.717, 1.165) is 48.3 Å². The molecule has 0 atom stereocenters. The van der Waals surface area contributed by atoms with Crippen LogP contribution in [0.1, 0.15) is 25.7 Å². The highest BCUT2D eigenvalue weighted by Crippen LogP contribution is 2.44. The third kappa shape index (κ3) is 4.46. The maximum atomic E-state index is 13.6. The van der Waals surface area contributed by atoms with Crippen LogP contribution in [0.3, 0.4) is 0 Å². The summed E-state index contributed by atoms with van der Waals surface area (Å²) in [7, 11) is -2.51. The largest absolute Gasteiger partial charge is 0.314 e. The van der Waals surface area contributed by atoms with Gasteiger partial charge >= 0.3 is 0 Å². The monoisotopic (exact) mass is 320 g/mol. The Balaban J connectivity index is 2.18. The molecule has 0 fully saturated rings. The van der Waals surface area contributed by atoms with Crippen molar-refractivity contribution in [3.8, 4) is 0 Å². The van der Waals surface area contributed by atoms with Crippen LogP contribution in [0.2, 0.25) is 0 Å². The van der Waals surface area contributed by atoms with Crippen molar-refractivity contribution < 1.29 is 4.57 Å². The summed E-state index contributed by atoms with van der Waals surface area (Å²) in [6.45, 7) is 0. The van der Waals surface area contributed by atoms with Gasteiger partial charge in [0.05, 0.1) is 0 Å². The zero-order valence-electron chi connectivity index (χ0n) is 12.2. The van der Waals surface area contributed by atoms with E-state index in [1.54, 1.807) is 0 Å². The quantitative estimate of drug-likeness (QED) is 0.388. The summed E-state index contributed by atoms with van der Waals surface area (Å²) in [5, 5.41) is 1.93. The molecule has 2 rings (SSSR count). The topological polar surface area (TPSA) is 17.1 Å². The first kappa shape index (κ1) is 16.3. The lowest BCUT2D eigenvalue weighted by Gasteiger charge is -2.19. The SMILES string of the molecule is O=P(CCCCCCCl)(c1ccccc1)c1ccccc1. The third-order valence-corrected chi connectivity index (χ3v) is 7.18. The van der Waals surface area contributed by atoms with Crippen LogP contribution >= 0.6 is 18.7 Å². The van der Waals surface area contributed by atoms with Crippen molar-refractivity contribution in [2.75, 3.05) is 12.0 Å². The van der Waals surface area contributed by atoms with Crippen LogP contribution in [0.4, 0.5) is 0 Å². The second-order valence-electron chi connectivity index (χ2n) is 5.24. The van der Waals surface area contributed by atoms with Gasteiger partial charge in [-0.2, -0.15) is 0 Å². The lowest BCUT2D eigenvalue weighted by Crippen LogP contribution is -2.18. The summed E-state index contributed by atoms with van der Waals surface area (Å²) in [5.41, 5.74) is 0. The van der Waals surface area contributed by atoms with E-state index in [9.17, 15) is 4.57 Å². The number of unbranched alkanes of at least 4 members (excludes halogenated alkanes) is 3. The van der Waals surface area contributed by atoms with Gasteiger partial charge in [0.2, 0.25) is 0 Å². The molecule has 1 nitrogen and oxygen atoms in total. The Morgan fingerprint density at radius 1 is 0.714 bits per heavy atom. The highest BCUT2D eigenvalue weighted by atomic mass is 35.5. The summed E-state index contributed by atoms with van der Waals surface area (Å²) >= 11 is 5.71. The van der Waals surface area contributed by atoms with Gasteiger partial charge < -0.3 is 4.57 Å². The molecule has 3 heteroatoms. The highest BCUT2D eigenvalue weighted by Gasteiger charge is 2.26. The van der Waals surface area contributed by atoms with Crippen molar-refractivity contribution in [3.63, 3.8) is 0 Å². The Labute approximate surface area is 132 Å². The Morgan fingerprint density at radius 3 is 1.67 bits per heavy atom. The Morgan fingerprint density at radius 2 is 1.19 bits per heavy atom. The molecule has 0 aliphatic rings. The van der Waals surface area contributed by atoms with Gasteiger partial charge in [-0.3, -0.25) is 0 Å². The molecule has 0 saturated heterocycles. The molecule has 2 aromatic rings. The maximum Gasteiger partial charge on any atom is 0.143 e. The van der Waals surface area contributed by atoms with Gasteiger partial charge in [-0.05, 0) is 12.8 Å². The van der Waals surface area contributed by atoms with Crippen LogP contribution in [-0.2, 0) is 4.57 Å². The highest BCUT2D eigenvalue weighted by molar-refractivity contribution is 7.78. The Hall–Kier alpha value is -1.04. The minimum Gasteiger partial charge on any atom is -0.314 e. The van der Waals surface area contributed by atoms with Gasteiger partial charge in [0.25, 0.3) is 0 Å². The van der Waals surface area contributed by atoms with Crippen LogP contribution in [-0.4, -0.2) is 12.0 Å². The Bertz CT molecular complexity index is 525. The predicted octanol–water partition coefficient (Wildman–Crippen LogP) is 4.80. The van der Waals surface area contributed by atoms with Crippen molar-refractivity contribution in [3.05, 3.63) is 60.7 Å². The van der Waals surface area contributed by atoms with Gasteiger partial charge in [0.1, 0.15) is 7.14 Å². The molecule has 112 valence electrons. The van der Waals surface area contributed by atoms with E-state index in [1.807, 2.05) is 60.7 Å². The molecular formula is C18H22ClOP. The predicted molar refractivity (Wildman–Crippen MR) is 93.8 cm³/mol. The van der Waals surface area contributed by atoms with Gasteiger partial charge in [-0.1, -0.05) is 73.5 Å². The van der Waals surface area contributed by atoms with E-state index in [2.05, 4.69) is 0 Å². The van der Waals surface area contributed by atoms with Crippen LogP contribution < -0.4 is 10.6 Å². The van der Waals surface area contributed by atoms with Crippen LogP contribution in [0, 0.1) is 0 Å². The average molecular weight is 321 g/mol. The van der Waals surface area contributed by atoms with Crippen LogP contribution in [0.25, 0.3) is 0 Å². The summed E-state index contributed by atoms with van der Waals surface area (Å²) < 4.78 is 13.6. The first-order valence-electron chi connectivity index (χ1n) is 7.53. The van der Waals surface area contributed by atoms with E-state index in [4.69, 9.17) is 11.6 Å². The summed E-state index contributed by atoms with van der Waals surface area (Å²) in [5.74, 6) is 0.717. The summed E-state index contributed by atoms with van der Waals surface area (Å²) in [6, 6.07) is 19.8. The number of hydrogen-bond acceptors (Lipinski definition) is 1. The second kappa shape index (κ2) is 8.41. The molecule has 0 aromatic heterocycles. The summed E-state index contributed by atoms with van der Waals surface area (Å²) in [4.78, 5) is 0. The third-order valence-electron chi connectivity index (χ3n) is 3.70. The minimum atomic E-state index is -2.51. The lowest BCUT2D eigenvalue weighted by atomic mass is 10.2. The average Bonchev–Trinajstić information content (AvgIpc) is 2.56. The van der Waals surface area contributed by atoms with E-state index in [-0.39, 0.29) is 0 Å². The fourth-order valence-electron chi connectivity index (χ4n) is 2.53. The van der Waals surface area contributed by atoms with Crippen molar-refractivity contribution in [1.82, 2.24) is 0 Å². The fourth-order valence-corrected chi connectivity index (χ4v) is 5.51. The molecule has 0 aliphatic carbocycles. The number of halogens is 1. The smallest absolute Gasteiger partial charge is 0.143 e. The maximum absolute atomic E-state index is 13.6. The van der Waals surface area contributed by atoms with Gasteiger partial charge in [-0.25, -0.2) is 0 Å². The van der Waals surface area contributed by atoms with Crippen molar-refractivity contribution in [1.29, 1.82) is 0 Å². The lowest BCUT2D eigenvalue weighted by molar-refractivity contribution is 0.583. The van der Waals surface area contributed by atoms with E-state index < -0.39 is 7.14 Å². The minimum absolute atomic E-state index is 0.717. The van der Waals surface area contributed by atoms with Crippen LogP contribution in [0.15, 0.2) is 60.7 Å². The molecule has 2 aromatic carbocycles. The van der Waals surface area contributed by atoms with Crippen molar-refractivity contribution in [2.24, 2.45) is 0 Å². The zero-order valence-corrected chi connectivity index (χ0v) is 13.9. The van der Waals surface area contributed by atoms with E-state index in [0.29, 0.717) is 0 Å². The number of benzene rings is 2. The second-order valence-corrected chi connectivity index (χ2v) is 8.57. The van der Waals surface area contributed by atoms with E-state index >= 15 is 0 Å². The molecule has 0 aliphatic heterocycles. The normalized spacial score (nSPS) is 11.5.